The second-order valence-electron chi connectivity index (χ2n) is 5.36. The van der Waals surface area contributed by atoms with Crippen LogP contribution in [0.15, 0.2) is 53.6 Å². The van der Waals surface area contributed by atoms with E-state index in [0.29, 0.717) is 16.5 Å². The van der Waals surface area contributed by atoms with E-state index in [-0.39, 0.29) is 10.5 Å². The first-order valence-corrected chi connectivity index (χ1v) is 8.46. The van der Waals surface area contributed by atoms with E-state index in [1.807, 2.05) is 13.0 Å². The van der Waals surface area contributed by atoms with Crippen LogP contribution < -0.4 is 5.73 Å². The summed E-state index contributed by atoms with van der Waals surface area (Å²) in [5.74, 6) is -0.757. The molecule has 2 aromatic carbocycles. The van der Waals surface area contributed by atoms with Crippen molar-refractivity contribution in [3.8, 4) is 6.07 Å². The van der Waals surface area contributed by atoms with Gasteiger partial charge in [0, 0.05) is 11.6 Å². The number of nitriles is 1. The van der Waals surface area contributed by atoms with Gasteiger partial charge in [-0.05, 0) is 37.3 Å². The molecule has 0 aliphatic rings. The predicted octanol–water partition coefficient (Wildman–Crippen LogP) is 2.16. The summed E-state index contributed by atoms with van der Waals surface area (Å²) in [6.45, 7) is 1.86. The Labute approximate surface area is 138 Å². The topological polar surface area (TPSA) is 106 Å². The molecule has 0 atom stereocenters. The molecule has 0 aliphatic carbocycles. The maximum Gasteiger partial charge on any atom is 0.268 e. The van der Waals surface area contributed by atoms with E-state index in [4.69, 9.17) is 11.0 Å². The molecule has 1 heterocycles. The zero-order valence-electron chi connectivity index (χ0n) is 12.7. The summed E-state index contributed by atoms with van der Waals surface area (Å²) >= 11 is 0. The normalized spacial score (nSPS) is 11.3. The molecule has 7 heteroatoms. The lowest BCUT2D eigenvalue weighted by Gasteiger charge is -2.07. The third-order valence-corrected chi connectivity index (χ3v) is 5.43. The van der Waals surface area contributed by atoms with Gasteiger partial charge < -0.3 is 5.73 Å². The van der Waals surface area contributed by atoms with Crippen molar-refractivity contribution in [1.29, 1.82) is 5.26 Å². The Kier molecular flexibility index (Phi) is 3.62. The number of amides is 1. The van der Waals surface area contributed by atoms with Crippen molar-refractivity contribution in [2.45, 2.75) is 11.8 Å². The van der Waals surface area contributed by atoms with Crippen molar-refractivity contribution < 1.29 is 13.2 Å². The molecule has 0 fully saturated rings. The minimum Gasteiger partial charge on any atom is -0.366 e. The standard InChI is InChI=1S/C17H13N3O3S/c1-11-2-5-13(6-3-11)24(22,23)20-10-15(17(19)21)14-8-12(9-18)4-7-16(14)20/h2-8,10H,1H3,(H2,19,21). The molecule has 1 amide bonds. The molecule has 6 nitrogen and oxygen atoms in total. The zero-order valence-corrected chi connectivity index (χ0v) is 13.5. The first-order valence-electron chi connectivity index (χ1n) is 7.02. The summed E-state index contributed by atoms with van der Waals surface area (Å²) in [5.41, 5.74) is 6.95. The van der Waals surface area contributed by atoms with E-state index >= 15 is 0 Å². The first-order chi connectivity index (χ1) is 11.3. The summed E-state index contributed by atoms with van der Waals surface area (Å²) in [4.78, 5) is 11.8. The van der Waals surface area contributed by atoms with Crippen molar-refractivity contribution in [3.63, 3.8) is 0 Å². The van der Waals surface area contributed by atoms with Crippen LogP contribution in [0, 0.1) is 18.3 Å². The van der Waals surface area contributed by atoms with E-state index in [1.165, 1.54) is 36.5 Å². The summed E-state index contributed by atoms with van der Waals surface area (Å²) in [6.07, 6.45) is 1.20. The van der Waals surface area contributed by atoms with Gasteiger partial charge in [-0.15, -0.1) is 0 Å². The van der Waals surface area contributed by atoms with Gasteiger partial charge in [0.2, 0.25) is 0 Å². The van der Waals surface area contributed by atoms with Crippen molar-refractivity contribution >= 4 is 26.8 Å². The molecule has 3 aromatic rings. The summed E-state index contributed by atoms with van der Waals surface area (Å²) in [7, 11) is -3.89. The second kappa shape index (κ2) is 5.51. The van der Waals surface area contributed by atoms with Gasteiger partial charge in [-0.2, -0.15) is 5.26 Å². The highest BCUT2D eigenvalue weighted by Crippen LogP contribution is 2.27. The van der Waals surface area contributed by atoms with Gasteiger partial charge >= 0.3 is 0 Å². The van der Waals surface area contributed by atoms with Gasteiger partial charge in [-0.3, -0.25) is 4.79 Å². The Morgan fingerprint density at radius 3 is 2.42 bits per heavy atom. The second-order valence-corrected chi connectivity index (χ2v) is 7.18. The molecular formula is C17H13N3O3S. The van der Waals surface area contributed by atoms with Crippen LogP contribution in [0.2, 0.25) is 0 Å². The zero-order chi connectivity index (χ0) is 17.5. The lowest BCUT2D eigenvalue weighted by molar-refractivity contribution is 0.100. The Morgan fingerprint density at radius 1 is 1.17 bits per heavy atom. The van der Waals surface area contributed by atoms with Crippen LogP contribution in [-0.2, 0) is 10.0 Å². The smallest absolute Gasteiger partial charge is 0.268 e. The number of nitrogens with zero attached hydrogens (tertiary/aromatic N) is 2. The number of carbonyl (C=O) groups is 1. The average Bonchev–Trinajstić information content (AvgIpc) is 2.94. The minimum atomic E-state index is -3.89. The fourth-order valence-corrected chi connectivity index (χ4v) is 3.86. The molecule has 24 heavy (non-hydrogen) atoms. The molecule has 1 aromatic heterocycles. The van der Waals surface area contributed by atoms with Gasteiger partial charge in [-0.25, -0.2) is 12.4 Å². The lowest BCUT2D eigenvalue weighted by Crippen LogP contribution is -2.13. The summed E-state index contributed by atoms with van der Waals surface area (Å²) < 4.78 is 26.8. The Hall–Kier alpha value is -3.11. The highest BCUT2D eigenvalue weighted by Gasteiger charge is 2.23. The highest BCUT2D eigenvalue weighted by atomic mass is 32.2. The fourth-order valence-electron chi connectivity index (χ4n) is 2.49. The van der Waals surface area contributed by atoms with Gasteiger partial charge in [0.05, 0.1) is 27.6 Å². The number of hydrogen-bond donors (Lipinski definition) is 1. The largest absolute Gasteiger partial charge is 0.366 e. The van der Waals surface area contributed by atoms with Gasteiger partial charge in [0.25, 0.3) is 15.9 Å². The van der Waals surface area contributed by atoms with Crippen LogP contribution in [0.25, 0.3) is 10.9 Å². The molecule has 0 bridgehead atoms. The lowest BCUT2D eigenvalue weighted by atomic mass is 10.1. The maximum atomic E-state index is 12.9. The quantitative estimate of drug-likeness (QED) is 0.789. The van der Waals surface area contributed by atoms with E-state index in [0.717, 1.165) is 9.54 Å². The first kappa shape index (κ1) is 15.8. The van der Waals surface area contributed by atoms with Gasteiger partial charge in [0.15, 0.2) is 0 Å². The Bertz CT molecular complexity index is 1100. The van der Waals surface area contributed by atoms with Crippen LogP contribution in [-0.4, -0.2) is 18.3 Å². The molecule has 2 N–H and O–H groups in total. The third-order valence-electron chi connectivity index (χ3n) is 3.74. The Morgan fingerprint density at radius 2 is 1.83 bits per heavy atom. The van der Waals surface area contributed by atoms with Gasteiger partial charge in [0.1, 0.15) is 0 Å². The van der Waals surface area contributed by atoms with Crippen molar-refractivity contribution in [2.75, 3.05) is 0 Å². The number of rotatable bonds is 3. The van der Waals surface area contributed by atoms with Crippen LogP contribution in [0.3, 0.4) is 0 Å². The maximum absolute atomic E-state index is 12.9. The molecule has 0 saturated heterocycles. The molecule has 0 aliphatic heterocycles. The highest BCUT2D eigenvalue weighted by molar-refractivity contribution is 7.90. The van der Waals surface area contributed by atoms with Crippen molar-refractivity contribution in [1.82, 2.24) is 3.97 Å². The monoisotopic (exact) mass is 339 g/mol. The average molecular weight is 339 g/mol. The summed E-state index contributed by atoms with van der Waals surface area (Å²) in [5, 5.41) is 9.34. The van der Waals surface area contributed by atoms with E-state index < -0.39 is 15.9 Å². The minimum absolute atomic E-state index is 0.0535. The van der Waals surface area contributed by atoms with Crippen molar-refractivity contribution in [3.05, 3.63) is 65.4 Å². The number of carbonyl (C=O) groups excluding carboxylic acids is 1. The number of hydrogen-bond acceptors (Lipinski definition) is 4. The molecule has 0 spiro atoms. The molecule has 0 unspecified atom stereocenters. The van der Waals surface area contributed by atoms with E-state index in [1.54, 1.807) is 12.1 Å². The van der Waals surface area contributed by atoms with Crippen molar-refractivity contribution in [2.24, 2.45) is 5.73 Å². The van der Waals surface area contributed by atoms with Crippen LogP contribution in [0.4, 0.5) is 0 Å². The number of primary amides is 1. The number of aromatic nitrogens is 1. The molecule has 120 valence electrons. The molecule has 0 radical (unpaired) electrons. The fraction of sp³-hybridized carbons (Fsp3) is 0.0588. The Balaban J connectivity index is 2.32. The number of benzene rings is 2. The third kappa shape index (κ3) is 2.43. The number of aryl methyl sites for hydroxylation is 1. The van der Waals surface area contributed by atoms with Crippen LogP contribution >= 0.6 is 0 Å². The molecule has 0 saturated carbocycles. The molecular weight excluding hydrogens is 326 g/mol. The van der Waals surface area contributed by atoms with E-state index in [2.05, 4.69) is 0 Å². The van der Waals surface area contributed by atoms with Crippen LogP contribution in [0.1, 0.15) is 21.5 Å². The van der Waals surface area contributed by atoms with Gasteiger partial charge in [-0.1, -0.05) is 17.7 Å². The van der Waals surface area contributed by atoms with Crippen LogP contribution in [0.5, 0.6) is 0 Å². The predicted molar refractivity (Wildman–Crippen MR) is 88.9 cm³/mol. The number of nitrogens with two attached hydrogens (primary N) is 1. The SMILES string of the molecule is Cc1ccc(S(=O)(=O)n2cc(C(N)=O)c3cc(C#N)ccc32)cc1. The van der Waals surface area contributed by atoms with E-state index in [9.17, 15) is 13.2 Å². The molecule has 3 rings (SSSR count). The number of fused-ring (bicyclic) bond motifs is 1. The summed E-state index contributed by atoms with van der Waals surface area (Å²) in [6, 6.07) is 12.8.